The second kappa shape index (κ2) is 6.82. The van der Waals surface area contributed by atoms with Gasteiger partial charge in [-0.1, -0.05) is 0 Å². The van der Waals surface area contributed by atoms with Gasteiger partial charge in [-0.3, -0.25) is 0 Å². The summed E-state index contributed by atoms with van der Waals surface area (Å²) in [6.45, 7) is 7.12. The molecule has 0 aromatic heterocycles. The molecule has 0 aromatic rings. The second-order valence-electron chi connectivity index (χ2n) is 5.10. The number of hydrogen-bond donors (Lipinski definition) is 2. The fraction of sp³-hybridized carbons (Fsp3) is 0.909. The monoisotopic (exact) mass is 270 g/mol. The van der Waals surface area contributed by atoms with E-state index in [2.05, 4.69) is 10.6 Å². The van der Waals surface area contributed by atoms with Crippen LogP contribution in [0.2, 0.25) is 0 Å². The zero-order valence-corrected chi connectivity index (χ0v) is 11.1. The lowest BCUT2D eigenvalue weighted by molar-refractivity contribution is -0.138. The summed E-state index contributed by atoms with van der Waals surface area (Å²) in [6, 6.07) is -0.676. The zero-order valence-electron chi connectivity index (χ0n) is 11.1. The van der Waals surface area contributed by atoms with Crippen molar-refractivity contribution in [2.45, 2.75) is 51.9 Å². The van der Waals surface area contributed by atoms with Crippen LogP contribution < -0.4 is 10.6 Å². The van der Waals surface area contributed by atoms with Gasteiger partial charge in [-0.2, -0.15) is 13.2 Å². The lowest BCUT2D eigenvalue weighted by atomic mass is 10.2. The van der Waals surface area contributed by atoms with Crippen LogP contribution in [-0.2, 0) is 4.74 Å². The van der Waals surface area contributed by atoms with Crippen LogP contribution in [0, 0.1) is 0 Å². The largest absolute Gasteiger partial charge is 0.444 e. The highest BCUT2D eigenvalue weighted by molar-refractivity contribution is 5.67. The van der Waals surface area contributed by atoms with Gasteiger partial charge in [0.2, 0.25) is 0 Å². The molecule has 0 spiro atoms. The van der Waals surface area contributed by atoms with E-state index in [1.54, 1.807) is 20.8 Å². The van der Waals surface area contributed by atoms with Crippen molar-refractivity contribution in [3.8, 4) is 0 Å². The molecular formula is C11H21F3N2O2. The highest BCUT2D eigenvalue weighted by atomic mass is 19.4. The molecule has 108 valence electrons. The first-order chi connectivity index (χ1) is 7.99. The van der Waals surface area contributed by atoms with E-state index in [1.165, 1.54) is 6.92 Å². The number of hydrogen-bond acceptors (Lipinski definition) is 3. The summed E-state index contributed by atoms with van der Waals surface area (Å²) in [5.74, 6) is 0. The van der Waals surface area contributed by atoms with E-state index in [0.717, 1.165) is 0 Å². The minimum Gasteiger partial charge on any atom is -0.444 e. The van der Waals surface area contributed by atoms with Gasteiger partial charge in [0.1, 0.15) is 5.60 Å². The molecule has 0 radical (unpaired) electrons. The van der Waals surface area contributed by atoms with E-state index in [9.17, 15) is 18.0 Å². The maximum atomic E-state index is 12.0. The van der Waals surface area contributed by atoms with Gasteiger partial charge >= 0.3 is 12.3 Å². The minimum absolute atomic E-state index is 0.219. The van der Waals surface area contributed by atoms with Crippen LogP contribution in [0.25, 0.3) is 0 Å². The van der Waals surface area contributed by atoms with Crippen LogP contribution >= 0.6 is 0 Å². The van der Waals surface area contributed by atoms with Crippen molar-refractivity contribution < 1.29 is 22.7 Å². The standard InChI is InChI=1S/C11H21F3N2O2/c1-8(7-11(12,13)14)15-5-6-16-9(17)18-10(2,3)4/h8,15H,5-7H2,1-4H3,(H,16,17). The Morgan fingerprint density at radius 2 is 1.78 bits per heavy atom. The molecule has 1 amide bonds. The smallest absolute Gasteiger partial charge is 0.407 e. The van der Waals surface area contributed by atoms with Crippen LogP contribution in [0.3, 0.4) is 0 Å². The molecule has 0 aromatic carbocycles. The maximum Gasteiger partial charge on any atom is 0.407 e. The Kier molecular flexibility index (Phi) is 6.45. The fourth-order valence-electron chi connectivity index (χ4n) is 1.22. The van der Waals surface area contributed by atoms with Crippen molar-refractivity contribution in [1.29, 1.82) is 0 Å². The number of rotatable bonds is 5. The highest BCUT2D eigenvalue weighted by Crippen LogP contribution is 2.20. The summed E-state index contributed by atoms with van der Waals surface area (Å²) in [4.78, 5) is 11.2. The maximum absolute atomic E-state index is 12.0. The molecule has 1 unspecified atom stereocenters. The van der Waals surface area contributed by atoms with Crippen molar-refractivity contribution in [2.24, 2.45) is 0 Å². The van der Waals surface area contributed by atoms with Crippen molar-refractivity contribution in [3.63, 3.8) is 0 Å². The van der Waals surface area contributed by atoms with E-state index in [1.807, 2.05) is 0 Å². The first-order valence-electron chi connectivity index (χ1n) is 5.76. The third-order valence-electron chi connectivity index (χ3n) is 1.82. The van der Waals surface area contributed by atoms with Gasteiger partial charge in [0.15, 0.2) is 0 Å². The molecule has 18 heavy (non-hydrogen) atoms. The predicted octanol–water partition coefficient (Wildman–Crippen LogP) is 2.44. The number of carbonyl (C=O) groups is 1. The number of ether oxygens (including phenoxy) is 1. The Morgan fingerprint density at radius 1 is 1.22 bits per heavy atom. The molecule has 4 nitrogen and oxygen atoms in total. The summed E-state index contributed by atoms with van der Waals surface area (Å²) in [7, 11) is 0. The van der Waals surface area contributed by atoms with Crippen molar-refractivity contribution in [3.05, 3.63) is 0 Å². The topological polar surface area (TPSA) is 50.4 Å². The Balaban J connectivity index is 3.65. The molecule has 2 N–H and O–H groups in total. The van der Waals surface area contributed by atoms with Crippen molar-refractivity contribution in [2.75, 3.05) is 13.1 Å². The number of halogens is 3. The summed E-state index contributed by atoms with van der Waals surface area (Å²) in [5, 5.41) is 5.12. The van der Waals surface area contributed by atoms with E-state index in [-0.39, 0.29) is 13.1 Å². The quantitative estimate of drug-likeness (QED) is 0.754. The minimum atomic E-state index is -4.18. The Labute approximate surface area is 105 Å². The molecule has 0 aliphatic rings. The third-order valence-corrected chi connectivity index (χ3v) is 1.82. The van der Waals surface area contributed by atoms with E-state index in [0.29, 0.717) is 0 Å². The average Bonchev–Trinajstić information content (AvgIpc) is 2.06. The lowest BCUT2D eigenvalue weighted by Gasteiger charge is -2.20. The van der Waals surface area contributed by atoms with Gasteiger partial charge < -0.3 is 15.4 Å². The van der Waals surface area contributed by atoms with Gasteiger partial charge in [0.25, 0.3) is 0 Å². The van der Waals surface area contributed by atoms with Gasteiger partial charge in [0, 0.05) is 19.1 Å². The normalized spacial score (nSPS) is 14.2. The first-order valence-corrected chi connectivity index (χ1v) is 5.76. The molecule has 0 rings (SSSR count). The summed E-state index contributed by atoms with van der Waals surface area (Å²) < 4.78 is 41.0. The second-order valence-corrected chi connectivity index (χ2v) is 5.10. The molecule has 7 heteroatoms. The summed E-state index contributed by atoms with van der Waals surface area (Å²) in [6.07, 6.45) is -5.64. The van der Waals surface area contributed by atoms with Crippen LogP contribution in [0.15, 0.2) is 0 Å². The summed E-state index contributed by atoms with van der Waals surface area (Å²) >= 11 is 0. The zero-order chi connectivity index (χ0) is 14.4. The molecule has 0 fully saturated rings. The van der Waals surface area contributed by atoms with Crippen LogP contribution in [0.4, 0.5) is 18.0 Å². The molecule has 1 atom stereocenters. The summed E-state index contributed by atoms with van der Waals surface area (Å²) in [5.41, 5.74) is -0.582. The van der Waals surface area contributed by atoms with Gasteiger partial charge in [0.05, 0.1) is 6.42 Å². The van der Waals surface area contributed by atoms with Crippen LogP contribution in [-0.4, -0.2) is 37.0 Å². The molecule has 0 aliphatic carbocycles. The van der Waals surface area contributed by atoms with E-state index in [4.69, 9.17) is 4.74 Å². The average molecular weight is 270 g/mol. The fourth-order valence-corrected chi connectivity index (χ4v) is 1.22. The molecule has 0 saturated carbocycles. The molecule has 0 heterocycles. The molecule has 0 bridgehead atoms. The number of carbonyl (C=O) groups excluding carboxylic acids is 1. The van der Waals surface area contributed by atoms with Crippen molar-refractivity contribution >= 4 is 6.09 Å². The van der Waals surface area contributed by atoms with E-state index >= 15 is 0 Å². The number of amides is 1. The first kappa shape index (κ1) is 17.0. The van der Waals surface area contributed by atoms with Crippen LogP contribution in [0.5, 0.6) is 0 Å². The SMILES string of the molecule is CC(CC(F)(F)F)NCCNC(=O)OC(C)(C)C. The number of alkyl halides is 3. The van der Waals surface area contributed by atoms with Gasteiger partial charge in [-0.25, -0.2) is 4.79 Å². The van der Waals surface area contributed by atoms with Crippen LogP contribution in [0.1, 0.15) is 34.1 Å². The predicted molar refractivity (Wildman–Crippen MR) is 62.4 cm³/mol. The third kappa shape index (κ3) is 11.5. The Hall–Kier alpha value is -0.980. The van der Waals surface area contributed by atoms with Gasteiger partial charge in [-0.05, 0) is 27.7 Å². The van der Waals surface area contributed by atoms with E-state index < -0.39 is 30.3 Å². The number of nitrogens with one attached hydrogen (secondary N) is 2. The molecular weight excluding hydrogens is 249 g/mol. The number of alkyl carbamates (subject to hydrolysis) is 1. The molecule has 0 saturated heterocycles. The Bertz CT molecular complexity index is 262. The lowest BCUT2D eigenvalue weighted by Crippen LogP contribution is -2.39. The highest BCUT2D eigenvalue weighted by Gasteiger charge is 2.29. The Morgan fingerprint density at radius 3 is 2.22 bits per heavy atom. The molecule has 0 aliphatic heterocycles. The van der Waals surface area contributed by atoms with Crippen molar-refractivity contribution in [1.82, 2.24) is 10.6 Å². The van der Waals surface area contributed by atoms with Gasteiger partial charge in [-0.15, -0.1) is 0 Å².